The fourth-order valence-corrected chi connectivity index (χ4v) is 2.11. The average Bonchev–Trinajstić information content (AvgIpc) is 2.61. The molecule has 0 fully saturated rings. The van der Waals surface area contributed by atoms with Gasteiger partial charge in [-0.1, -0.05) is 17.4 Å². The fourth-order valence-electron chi connectivity index (χ4n) is 1.20. The summed E-state index contributed by atoms with van der Waals surface area (Å²) < 4.78 is 1.17. The molecule has 72 valence electrons. The average molecular weight is 205 g/mol. The zero-order valence-corrected chi connectivity index (χ0v) is 8.79. The Balaban J connectivity index is 2.39. The van der Waals surface area contributed by atoms with Crippen LogP contribution in [0.15, 0.2) is 31.1 Å². The van der Waals surface area contributed by atoms with Gasteiger partial charge in [-0.25, -0.2) is 4.98 Å². The van der Waals surface area contributed by atoms with Gasteiger partial charge < -0.3 is 4.90 Å². The summed E-state index contributed by atoms with van der Waals surface area (Å²) in [5.41, 5.74) is 0.961. The predicted octanol–water partition coefficient (Wildman–Crippen LogP) is 2.31. The van der Waals surface area contributed by atoms with E-state index >= 15 is 0 Å². The molecule has 0 aliphatic heterocycles. The lowest BCUT2D eigenvalue weighted by molar-refractivity contribution is 1.02. The second-order valence-electron chi connectivity index (χ2n) is 3.01. The molecule has 4 heteroatoms. The van der Waals surface area contributed by atoms with Crippen LogP contribution in [0, 0.1) is 0 Å². The van der Waals surface area contributed by atoms with Gasteiger partial charge >= 0.3 is 0 Å². The highest BCUT2D eigenvalue weighted by atomic mass is 32.1. The molecule has 0 radical (unpaired) electrons. The van der Waals surface area contributed by atoms with Crippen LogP contribution >= 0.6 is 11.3 Å². The van der Waals surface area contributed by atoms with Crippen molar-refractivity contribution < 1.29 is 0 Å². The molecule has 0 amide bonds. The lowest BCUT2D eigenvalue weighted by atomic mass is 10.5. The van der Waals surface area contributed by atoms with E-state index in [0.717, 1.165) is 17.2 Å². The topological polar surface area (TPSA) is 29.0 Å². The summed E-state index contributed by atoms with van der Waals surface area (Å²) in [6.07, 6.45) is 5.44. The van der Waals surface area contributed by atoms with E-state index in [4.69, 9.17) is 0 Å². The van der Waals surface area contributed by atoms with Gasteiger partial charge in [0.1, 0.15) is 5.52 Å². The molecule has 2 aromatic rings. The van der Waals surface area contributed by atoms with Crippen molar-refractivity contribution in [3.8, 4) is 0 Å². The number of anilines is 1. The number of hydrogen-bond donors (Lipinski definition) is 0. The number of rotatable bonds is 3. The first-order chi connectivity index (χ1) is 6.81. The quantitative estimate of drug-likeness (QED) is 0.720. The van der Waals surface area contributed by atoms with Crippen LogP contribution in [0.25, 0.3) is 10.2 Å². The van der Waals surface area contributed by atoms with Crippen molar-refractivity contribution in [2.75, 3.05) is 18.5 Å². The molecular weight excluding hydrogens is 194 g/mol. The van der Waals surface area contributed by atoms with E-state index in [-0.39, 0.29) is 0 Å². The van der Waals surface area contributed by atoms with Gasteiger partial charge in [0, 0.05) is 19.8 Å². The standard InChI is InChI=1S/C10H11N3S/c1-3-6-13(2)10-12-8-7-11-5-4-9(8)14-10/h3-5,7H,1,6H2,2H3. The molecular formula is C10H11N3S. The van der Waals surface area contributed by atoms with Crippen molar-refractivity contribution in [3.05, 3.63) is 31.1 Å². The number of hydrogen-bond acceptors (Lipinski definition) is 4. The third-order valence-electron chi connectivity index (χ3n) is 1.91. The number of aromatic nitrogens is 2. The fraction of sp³-hybridized carbons (Fsp3) is 0.200. The van der Waals surface area contributed by atoms with Crippen molar-refractivity contribution in [2.24, 2.45) is 0 Å². The monoisotopic (exact) mass is 205 g/mol. The highest BCUT2D eigenvalue weighted by molar-refractivity contribution is 7.22. The minimum absolute atomic E-state index is 0.813. The van der Waals surface area contributed by atoms with E-state index in [2.05, 4.69) is 21.4 Å². The largest absolute Gasteiger partial charge is 0.347 e. The molecule has 0 saturated carbocycles. The van der Waals surface area contributed by atoms with Gasteiger partial charge in [-0.05, 0) is 6.07 Å². The first-order valence-electron chi connectivity index (χ1n) is 4.34. The van der Waals surface area contributed by atoms with Crippen LogP contribution in [-0.2, 0) is 0 Å². The van der Waals surface area contributed by atoms with Crippen molar-refractivity contribution in [3.63, 3.8) is 0 Å². The normalized spacial score (nSPS) is 10.4. The van der Waals surface area contributed by atoms with Gasteiger partial charge in [0.15, 0.2) is 5.13 Å². The van der Waals surface area contributed by atoms with Crippen molar-refractivity contribution in [1.82, 2.24) is 9.97 Å². The Morgan fingerprint density at radius 2 is 2.50 bits per heavy atom. The zero-order chi connectivity index (χ0) is 9.97. The van der Waals surface area contributed by atoms with Crippen LogP contribution in [0.3, 0.4) is 0 Å². The van der Waals surface area contributed by atoms with Gasteiger partial charge in [-0.3, -0.25) is 4.98 Å². The second kappa shape index (κ2) is 3.75. The number of nitrogens with zero attached hydrogens (tertiary/aromatic N) is 3. The molecule has 2 aromatic heterocycles. The van der Waals surface area contributed by atoms with E-state index in [0.29, 0.717) is 0 Å². The van der Waals surface area contributed by atoms with E-state index in [1.807, 2.05) is 19.2 Å². The Labute approximate surface area is 86.7 Å². The van der Waals surface area contributed by atoms with Crippen LogP contribution in [0.2, 0.25) is 0 Å². The van der Waals surface area contributed by atoms with Gasteiger partial charge in [-0.2, -0.15) is 0 Å². The Morgan fingerprint density at radius 3 is 3.21 bits per heavy atom. The maximum atomic E-state index is 4.47. The summed E-state index contributed by atoms with van der Waals surface area (Å²) in [7, 11) is 2.01. The lowest BCUT2D eigenvalue weighted by Crippen LogP contribution is -2.15. The molecule has 0 aromatic carbocycles. The highest BCUT2D eigenvalue weighted by Crippen LogP contribution is 2.26. The molecule has 0 unspecified atom stereocenters. The van der Waals surface area contributed by atoms with E-state index in [1.165, 1.54) is 4.70 Å². The van der Waals surface area contributed by atoms with Crippen LogP contribution < -0.4 is 4.90 Å². The van der Waals surface area contributed by atoms with Gasteiger partial charge in [0.25, 0.3) is 0 Å². The molecule has 0 aliphatic carbocycles. The molecule has 0 bridgehead atoms. The third kappa shape index (κ3) is 1.61. The Kier molecular flexibility index (Phi) is 2.45. The molecule has 0 N–H and O–H groups in total. The van der Waals surface area contributed by atoms with E-state index < -0.39 is 0 Å². The van der Waals surface area contributed by atoms with Crippen LogP contribution in [0.5, 0.6) is 0 Å². The molecule has 0 aliphatic rings. The van der Waals surface area contributed by atoms with Gasteiger partial charge in [0.2, 0.25) is 0 Å². The summed E-state index contributed by atoms with van der Waals surface area (Å²) in [5, 5.41) is 1.01. The van der Waals surface area contributed by atoms with Crippen LogP contribution in [0.4, 0.5) is 5.13 Å². The van der Waals surface area contributed by atoms with Crippen molar-refractivity contribution in [2.45, 2.75) is 0 Å². The number of fused-ring (bicyclic) bond motifs is 1. The predicted molar refractivity (Wildman–Crippen MR) is 60.9 cm³/mol. The number of pyridine rings is 1. The molecule has 2 heterocycles. The molecule has 0 saturated heterocycles. The smallest absolute Gasteiger partial charge is 0.186 e. The minimum Gasteiger partial charge on any atom is -0.347 e. The molecule has 3 nitrogen and oxygen atoms in total. The Bertz CT molecular complexity index is 416. The van der Waals surface area contributed by atoms with E-state index in [1.54, 1.807) is 23.7 Å². The molecule has 2 rings (SSSR count). The SMILES string of the molecule is C=CCN(C)c1nc2cnccc2s1. The summed E-state index contributed by atoms with van der Waals surface area (Å²) in [4.78, 5) is 10.6. The van der Waals surface area contributed by atoms with Crippen LogP contribution in [0.1, 0.15) is 0 Å². The Morgan fingerprint density at radius 1 is 1.64 bits per heavy atom. The minimum atomic E-state index is 0.813. The zero-order valence-electron chi connectivity index (χ0n) is 7.97. The molecule has 0 atom stereocenters. The molecule has 0 spiro atoms. The number of thiazole rings is 1. The molecule has 14 heavy (non-hydrogen) atoms. The van der Waals surface area contributed by atoms with Crippen LogP contribution in [-0.4, -0.2) is 23.6 Å². The Hall–Kier alpha value is -1.42. The maximum absolute atomic E-state index is 4.47. The summed E-state index contributed by atoms with van der Waals surface area (Å²) in [6.45, 7) is 4.52. The third-order valence-corrected chi connectivity index (χ3v) is 3.06. The van der Waals surface area contributed by atoms with Gasteiger partial charge in [-0.15, -0.1) is 6.58 Å². The summed E-state index contributed by atoms with van der Waals surface area (Å²) in [5.74, 6) is 0. The van der Waals surface area contributed by atoms with Crippen molar-refractivity contribution in [1.29, 1.82) is 0 Å². The van der Waals surface area contributed by atoms with E-state index in [9.17, 15) is 0 Å². The summed E-state index contributed by atoms with van der Waals surface area (Å²) >= 11 is 1.67. The second-order valence-corrected chi connectivity index (χ2v) is 4.02. The number of likely N-dealkylation sites (N-methyl/N-ethyl adjacent to an activating group) is 1. The maximum Gasteiger partial charge on any atom is 0.186 e. The van der Waals surface area contributed by atoms with Crippen molar-refractivity contribution >= 4 is 26.7 Å². The first-order valence-corrected chi connectivity index (χ1v) is 5.15. The summed E-state index contributed by atoms with van der Waals surface area (Å²) in [6, 6.07) is 1.98. The lowest BCUT2D eigenvalue weighted by Gasteiger charge is -2.11. The highest BCUT2D eigenvalue weighted by Gasteiger charge is 2.06. The first kappa shape index (κ1) is 9.15. The van der Waals surface area contributed by atoms with Gasteiger partial charge in [0.05, 0.1) is 10.9 Å².